The summed E-state index contributed by atoms with van der Waals surface area (Å²) in [5.74, 6) is 0. The van der Waals surface area contributed by atoms with E-state index in [0.29, 0.717) is 0 Å². The van der Waals surface area contributed by atoms with Crippen LogP contribution in [0.4, 0.5) is 0 Å². The minimum Gasteiger partial charge on any atom is -0.382 e. The first kappa shape index (κ1) is 10.6. The third-order valence-electron chi connectivity index (χ3n) is 1.56. The Balaban J connectivity index is 1.90. The zero-order valence-corrected chi connectivity index (χ0v) is 8.64. The molecule has 0 amide bonds. The van der Waals surface area contributed by atoms with Gasteiger partial charge in [0.2, 0.25) is 0 Å². The van der Waals surface area contributed by atoms with Crippen molar-refractivity contribution < 1.29 is 4.74 Å². The van der Waals surface area contributed by atoms with Crippen molar-refractivity contribution in [2.45, 2.75) is 19.9 Å². The second-order valence-corrected chi connectivity index (χ2v) is 3.23. The fourth-order valence-corrected chi connectivity index (χ4v) is 1.37. The van der Waals surface area contributed by atoms with Crippen molar-refractivity contribution in [1.29, 1.82) is 0 Å². The Labute approximate surface area is 82.5 Å². The standard InChI is InChI=1S/C8H15N3OS/c1-2-12-5-3-4-9-6-8-7-13-11-10-8/h7,9H,2-6H2,1H3. The van der Waals surface area contributed by atoms with Crippen molar-refractivity contribution in [3.05, 3.63) is 11.1 Å². The molecule has 0 aromatic carbocycles. The highest BCUT2D eigenvalue weighted by molar-refractivity contribution is 7.03. The van der Waals surface area contributed by atoms with Crippen LogP contribution in [0, 0.1) is 0 Å². The number of rotatable bonds is 7. The lowest BCUT2D eigenvalue weighted by molar-refractivity contribution is 0.144. The fraction of sp³-hybridized carbons (Fsp3) is 0.750. The molecule has 0 saturated carbocycles. The molecule has 4 nitrogen and oxygen atoms in total. The van der Waals surface area contributed by atoms with Gasteiger partial charge in [0.25, 0.3) is 0 Å². The summed E-state index contributed by atoms with van der Waals surface area (Å²) < 4.78 is 8.98. The van der Waals surface area contributed by atoms with Crippen molar-refractivity contribution in [3.63, 3.8) is 0 Å². The highest BCUT2D eigenvalue weighted by atomic mass is 32.1. The summed E-state index contributed by atoms with van der Waals surface area (Å²) in [6.45, 7) is 5.42. The molecule has 0 spiro atoms. The van der Waals surface area contributed by atoms with E-state index in [1.165, 1.54) is 11.5 Å². The van der Waals surface area contributed by atoms with Gasteiger partial charge in [0.1, 0.15) is 0 Å². The number of nitrogens with zero attached hydrogens (tertiary/aromatic N) is 2. The van der Waals surface area contributed by atoms with Crippen LogP contribution in [0.5, 0.6) is 0 Å². The molecule has 1 aromatic heterocycles. The van der Waals surface area contributed by atoms with E-state index in [-0.39, 0.29) is 0 Å². The molecular weight excluding hydrogens is 186 g/mol. The Kier molecular flexibility index (Phi) is 5.64. The van der Waals surface area contributed by atoms with E-state index in [4.69, 9.17) is 4.74 Å². The van der Waals surface area contributed by atoms with Gasteiger partial charge in [-0.2, -0.15) is 0 Å². The molecule has 0 atom stereocenters. The van der Waals surface area contributed by atoms with Crippen LogP contribution in [-0.4, -0.2) is 29.3 Å². The van der Waals surface area contributed by atoms with Crippen LogP contribution in [-0.2, 0) is 11.3 Å². The topological polar surface area (TPSA) is 47.0 Å². The van der Waals surface area contributed by atoms with E-state index in [9.17, 15) is 0 Å². The molecule has 0 saturated heterocycles. The molecule has 0 aliphatic carbocycles. The monoisotopic (exact) mass is 201 g/mol. The molecule has 0 aliphatic rings. The van der Waals surface area contributed by atoms with Crippen molar-refractivity contribution in [3.8, 4) is 0 Å². The fourth-order valence-electron chi connectivity index (χ4n) is 0.921. The Bertz CT molecular complexity index is 203. The van der Waals surface area contributed by atoms with Crippen LogP contribution in [0.1, 0.15) is 19.0 Å². The second-order valence-electron chi connectivity index (χ2n) is 2.62. The van der Waals surface area contributed by atoms with E-state index in [1.807, 2.05) is 12.3 Å². The highest BCUT2D eigenvalue weighted by Gasteiger charge is 1.94. The zero-order chi connectivity index (χ0) is 9.36. The summed E-state index contributed by atoms with van der Waals surface area (Å²) in [7, 11) is 0. The average Bonchev–Trinajstić information content (AvgIpc) is 2.63. The smallest absolute Gasteiger partial charge is 0.0893 e. The van der Waals surface area contributed by atoms with Crippen molar-refractivity contribution in [2.75, 3.05) is 19.8 Å². The summed E-state index contributed by atoms with van der Waals surface area (Å²) in [5.41, 5.74) is 1.02. The highest BCUT2D eigenvalue weighted by Crippen LogP contribution is 1.95. The first-order valence-electron chi connectivity index (χ1n) is 4.48. The van der Waals surface area contributed by atoms with Crippen LogP contribution in [0.25, 0.3) is 0 Å². The molecule has 1 heterocycles. The lowest BCUT2D eigenvalue weighted by Gasteiger charge is -2.02. The van der Waals surface area contributed by atoms with Gasteiger partial charge in [0.15, 0.2) is 0 Å². The molecule has 0 radical (unpaired) electrons. The Hall–Kier alpha value is -0.520. The largest absolute Gasteiger partial charge is 0.382 e. The van der Waals surface area contributed by atoms with Gasteiger partial charge in [0, 0.05) is 25.1 Å². The molecule has 0 fully saturated rings. The molecule has 13 heavy (non-hydrogen) atoms. The normalized spacial score (nSPS) is 10.5. The van der Waals surface area contributed by atoms with Crippen LogP contribution < -0.4 is 5.32 Å². The molecule has 5 heteroatoms. The van der Waals surface area contributed by atoms with Crippen molar-refractivity contribution in [2.24, 2.45) is 0 Å². The molecule has 0 unspecified atom stereocenters. The van der Waals surface area contributed by atoms with Crippen LogP contribution in [0.15, 0.2) is 5.38 Å². The number of nitrogens with one attached hydrogen (secondary N) is 1. The summed E-state index contributed by atoms with van der Waals surface area (Å²) >= 11 is 1.39. The van der Waals surface area contributed by atoms with E-state index in [2.05, 4.69) is 14.9 Å². The number of aromatic nitrogens is 2. The zero-order valence-electron chi connectivity index (χ0n) is 7.82. The van der Waals surface area contributed by atoms with Crippen LogP contribution >= 0.6 is 11.5 Å². The van der Waals surface area contributed by atoms with Gasteiger partial charge in [-0.1, -0.05) is 4.49 Å². The lowest BCUT2D eigenvalue weighted by Crippen LogP contribution is -2.16. The molecule has 1 rings (SSSR count). The van der Waals surface area contributed by atoms with Crippen molar-refractivity contribution >= 4 is 11.5 Å². The maximum atomic E-state index is 5.20. The Morgan fingerprint density at radius 3 is 3.23 bits per heavy atom. The molecule has 1 N–H and O–H groups in total. The first-order chi connectivity index (χ1) is 6.43. The molecule has 1 aromatic rings. The maximum absolute atomic E-state index is 5.20. The third-order valence-corrected chi connectivity index (χ3v) is 2.11. The summed E-state index contributed by atoms with van der Waals surface area (Å²) in [6, 6.07) is 0. The van der Waals surface area contributed by atoms with Gasteiger partial charge < -0.3 is 10.1 Å². The Morgan fingerprint density at radius 2 is 2.54 bits per heavy atom. The summed E-state index contributed by atoms with van der Waals surface area (Å²) in [6.07, 6.45) is 1.05. The predicted octanol–water partition coefficient (Wildman–Crippen LogP) is 1.05. The quantitative estimate of drug-likeness (QED) is 0.670. The van der Waals surface area contributed by atoms with Crippen LogP contribution in [0.2, 0.25) is 0 Å². The number of ether oxygens (including phenoxy) is 1. The van der Waals surface area contributed by atoms with E-state index >= 15 is 0 Å². The second kappa shape index (κ2) is 6.94. The predicted molar refractivity (Wildman–Crippen MR) is 52.7 cm³/mol. The first-order valence-corrected chi connectivity index (χ1v) is 5.31. The summed E-state index contributed by atoms with van der Waals surface area (Å²) in [5, 5.41) is 9.15. The van der Waals surface area contributed by atoms with E-state index < -0.39 is 0 Å². The van der Waals surface area contributed by atoms with Crippen LogP contribution in [0.3, 0.4) is 0 Å². The van der Waals surface area contributed by atoms with Gasteiger partial charge in [-0.15, -0.1) is 5.10 Å². The molecule has 0 bridgehead atoms. The third kappa shape index (κ3) is 4.92. The lowest BCUT2D eigenvalue weighted by atomic mass is 10.4. The van der Waals surface area contributed by atoms with Gasteiger partial charge in [0.05, 0.1) is 5.69 Å². The number of hydrogen-bond acceptors (Lipinski definition) is 5. The average molecular weight is 201 g/mol. The van der Waals surface area contributed by atoms with E-state index in [1.54, 1.807) is 0 Å². The molecule has 74 valence electrons. The number of hydrogen-bond donors (Lipinski definition) is 1. The van der Waals surface area contributed by atoms with Gasteiger partial charge in [-0.3, -0.25) is 0 Å². The molecule has 0 aliphatic heterocycles. The minimum atomic E-state index is 0.802. The molecular formula is C8H15N3OS. The van der Waals surface area contributed by atoms with Gasteiger partial charge in [-0.25, -0.2) is 0 Å². The van der Waals surface area contributed by atoms with Gasteiger partial charge >= 0.3 is 0 Å². The Morgan fingerprint density at radius 1 is 1.62 bits per heavy atom. The van der Waals surface area contributed by atoms with Gasteiger partial charge in [-0.05, 0) is 31.4 Å². The maximum Gasteiger partial charge on any atom is 0.0893 e. The SMILES string of the molecule is CCOCCCNCc1csnn1. The summed E-state index contributed by atoms with van der Waals surface area (Å²) in [4.78, 5) is 0. The van der Waals surface area contributed by atoms with Crippen molar-refractivity contribution in [1.82, 2.24) is 14.9 Å². The van der Waals surface area contributed by atoms with E-state index in [0.717, 1.165) is 38.4 Å². The minimum absolute atomic E-state index is 0.802.